The molecule has 0 saturated carbocycles. The highest BCUT2D eigenvalue weighted by molar-refractivity contribution is 7.13. The summed E-state index contributed by atoms with van der Waals surface area (Å²) in [6.07, 6.45) is -0.516. The summed E-state index contributed by atoms with van der Waals surface area (Å²) in [6, 6.07) is 21.0. The summed E-state index contributed by atoms with van der Waals surface area (Å²) < 4.78 is 20.4. The highest BCUT2D eigenvalue weighted by Crippen LogP contribution is 2.27. The molecule has 0 N–H and O–H groups in total. The van der Waals surface area contributed by atoms with Crippen LogP contribution < -0.4 is 0 Å². The minimum atomic E-state index is -0.516. The lowest BCUT2D eigenvalue weighted by molar-refractivity contribution is 0.0327. The Morgan fingerprint density at radius 2 is 1.82 bits per heavy atom. The Kier molecular flexibility index (Phi) is 5.04. The van der Waals surface area contributed by atoms with Crippen molar-refractivity contribution in [2.24, 2.45) is 0 Å². The predicted molar refractivity (Wildman–Crippen MR) is 107 cm³/mol. The standard InChI is InChI=1S/C22H17FN2O2S/c1-15(16-9-11-17(23)12-10-16)27-22(26)20-14-19(21-8-5-13-28-21)24-25(20)18-6-3-2-4-7-18/h2-15H,1H3/t15-/m1/s1. The van der Waals surface area contributed by atoms with Crippen LogP contribution >= 0.6 is 11.3 Å². The quantitative estimate of drug-likeness (QED) is 0.412. The zero-order valence-electron chi connectivity index (χ0n) is 15.1. The molecule has 4 aromatic rings. The molecule has 4 rings (SSSR count). The van der Waals surface area contributed by atoms with Gasteiger partial charge in [-0.3, -0.25) is 0 Å². The molecular weight excluding hydrogens is 375 g/mol. The Morgan fingerprint density at radius 3 is 2.50 bits per heavy atom. The van der Waals surface area contributed by atoms with Crippen molar-refractivity contribution in [3.05, 3.63) is 95.3 Å². The van der Waals surface area contributed by atoms with Gasteiger partial charge in [-0.25, -0.2) is 13.9 Å². The molecule has 1 atom stereocenters. The van der Waals surface area contributed by atoms with Crippen molar-refractivity contribution in [1.29, 1.82) is 0 Å². The average Bonchev–Trinajstić information content (AvgIpc) is 3.39. The normalized spacial score (nSPS) is 11.9. The maximum Gasteiger partial charge on any atom is 0.357 e. The Labute approximate surface area is 165 Å². The second-order valence-electron chi connectivity index (χ2n) is 6.24. The third kappa shape index (κ3) is 3.73. The molecule has 0 amide bonds. The van der Waals surface area contributed by atoms with Gasteiger partial charge < -0.3 is 4.74 Å². The summed E-state index contributed by atoms with van der Waals surface area (Å²) in [6.45, 7) is 1.76. The molecule has 140 valence electrons. The largest absolute Gasteiger partial charge is 0.453 e. The molecule has 6 heteroatoms. The van der Waals surface area contributed by atoms with E-state index >= 15 is 0 Å². The van der Waals surface area contributed by atoms with E-state index in [0.29, 0.717) is 11.4 Å². The van der Waals surface area contributed by atoms with Gasteiger partial charge in [0, 0.05) is 6.07 Å². The number of nitrogens with zero attached hydrogens (tertiary/aromatic N) is 2. The number of esters is 1. The lowest BCUT2D eigenvalue weighted by atomic mass is 10.1. The molecule has 2 aromatic heterocycles. The van der Waals surface area contributed by atoms with Crippen LogP contribution in [-0.4, -0.2) is 15.7 Å². The molecule has 0 unspecified atom stereocenters. The second kappa shape index (κ2) is 7.78. The zero-order valence-corrected chi connectivity index (χ0v) is 15.9. The molecule has 4 nitrogen and oxygen atoms in total. The van der Waals surface area contributed by atoms with Crippen LogP contribution in [-0.2, 0) is 4.74 Å². The fraction of sp³-hybridized carbons (Fsp3) is 0.0909. The van der Waals surface area contributed by atoms with Crippen LogP contribution in [0.4, 0.5) is 4.39 Å². The van der Waals surface area contributed by atoms with Gasteiger partial charge in [-0.05, 0) is 48.2 Å². The Bertz CT molecular complexity index is 1070. The van der Waals surface area contributed by atoms with Crippen molar-refractivity contribution in [1.82, 2.24) is 9.78 Å². The first kappa shape index (κ1) is 18.1. The van der Waals surface area contributed by atoms with Gasteiger partial charge in [0.15, 0.2) is 5.69 Å². The zero-order chi connectivity index (χ0) is 19.5. The number of rotatable bonds is 5. The summed E-state index contributed by atoms with van der Waals surface area (Å²) in [4.78, 5) is 13.9. The number of para-hydroxylation sites is 1. The molecule has 0 bridgehead atoms. The fourth-order valence-electron chi connectivity index (χ4n) is 2.86. The Hall–Kier alpha value is -3.25. The van der Waals surface area contributed by atoms with Crippen LogP contribution in [0, 0.1) is 5.82 Å². The minimum Gasteiger partial charge on any atom is -0.453 e. The first-order chi connectivity index (χ1) is 13.6. The molecule has 0 aliphatic heterocycles. The third-order valence-electron chi connectivity index (χ3n) is 4.32. The van der Waals surface area contributed by atoms with Crippen LogP contribution in [0.1, 0.15) is 29.1 Å². The Balaban J connectivity index is 1.67. The number of ether oxygens (including phenoxy) is 1. The van der Waals surface area contributed by atoms with Gasteiger partial charge in [-0.15, -0.1) is 11.3 Å². The average molecular weight is 392 g/mol. The first-order valence-corrected chi connectivity index (χ1v) is 9.65. The lowest BCUT2D eigenvalue weighted by Gasteiger charge is -2.14. The number of thiophene rings is 1. The number of aromatic nitrogens is 2. The van der Waals surface area contributed by atoms with Crippen molar-refractivity contribution in [3.63, 3.8) is 0 Å². The SMILES string of the molecule is C[C@@H](OC(=O)c1cc(-c2cccs2)nn1-c1ccccc1)c1ccc(F)cc1. The van der Waals surface area contributed by atoms with Crippen molar-refractivity contribution in [2.45, 2.75) is 13.0 Å². The van der Waals surface area contributed by atoms with E-state index in [2.05, 4.69) is 5.10 Å². The third-order valence-corrected chi connectivity index (χ3v) is 5.21. The van der Waals surface area contributed by atoms with Crippen LogP contribution in [0.25, 0.3) is 16.3 Å². The van der Waals surface area contributed by atoms with Gasteiger partial charge in [0.1, 0.15) is 17.6 Å². The molecule has 0 spiro atoms. The smallest absolute Gasteiger partial charge is 0.357 e. The van der Waals surface area contributed by atoms with E-state index in [1.54, 1.807) is 41.1 Å². The van der Waals surface area contributed by atoms with E-state index in [1.807, 2.05) is 47.8 Å². The van der Waals surface area contributed by atoms with Crippen LogP contribution in [0.5, 0.6) is 0 Å². The lowest BCUT2D eigenvalue weighted by Crippen LogP contribution is -2.14. The summed E-state index contributed by atoms with van der Waals surface area (Å²) in [5, 5.41) is 6.58. The number of benzene rings is 2. The fourth-order valence-corrected chi connectivity index (χ4v) is 3.54. The summed E-state index contributed by atoms with van der Waals surface area (Å²) in [5.74, 6) is -0.819. The topological polar surface area (TPSA) is 44.1 Å². The molecular formula is C22H17FN2O2S. The van der Waals surface area contributed by atoms with Crippen molar-refractivity contribution in [2.75, 3.05) is 0 Å². The van der Waals surface area contributed by atoms with Gasteiger partial charge in [-0.1, -0.05) is 36.4 Å². The van der Waals surface area contributed by atoms with E-state index in [0.717, 1.165) is 16.1 Å². The number of halogens is 1. The highest BCUT2D eigenvalue weighted by Gasteiger charge is 2.21. The number of hydrogen-bond acceptors (Lipinski definition) is 4. The molecule has 0 aliphatic rings. The van der Waals surface area contributed by atoms with E-state index in [1.165, 1.54) is 12.1 Å². The first-order valence-electron chi connectivity index (χ1n) is 8.77. The minimum absolute atomic E-state index is 0.329. The molecule has 0 radical (unpaired) electrons. The van der Waals surface area contributed by atoms with Gasteiger partial charge in [0.05, 0.1) is 10.6 Å². The number of carbonyl (C=O) groups is 1. The van der Waals surface area contributed by atoms with Crippen molar-refractivity contribution in [3.8, 4) is 16.3 Å². The maximum atomic E-state index is 13.1. The number of carbonyl (C=O) groups excluding carboxylic acids is 1. The van der Waals surface area contributed by atoms with Crippen LogP contribution in [0.2, 0.25) is 0 Å². The predicted octanol–water partition coefficient (Wildman–Crippen LogP) is 5.66. The van der Waals surface area contributed by atoms with Gasteiger partial charge in [-0.2, -0.15) is 5.10 Å². The van der Waals surface area contributed by atoms with Crippen LogP contribution in [0.15, 0.2) is 78.2 Å². The van der Waals surface area contributed by atoms with Crippen LogP contribution in [0.3, 0.4) is 0 Å². The van der Waals surface area contributed by atoms with E-state index in [9.17, 15) is 9.18 Å². The molecule has 28 heavy (non-hydrogen) atoms. The molecule has 2 aromatic carbocycles. The van der Waals surface area contributed by atoms with E-state index in [4.69, 9.17) is 4.74 Å². The molecule has 0 fully saturated rings. The van der Waals surface area contributed by atoms with Gasteiger partial charge in [0.25, 0.3) is 0 Å². The maximum absolute atomic E-state index is 13.1. The van der Waals surface area contributed by atoms with Crippen molar-refractivity contribution >= 4 is 17.3 Å². The summed E-state index contributed by atoms with van der Waals surface area (Å²) in [7, 11) is 0. The summed E-state index contributed by atoms with van der Waals surface area (Å²) >= 11 is 1.55. The molecule has 0 aliphatic carbocycles. The molecule has 2 heterocycles. The summed E-state index contributed by atoms with van der Waals surface area (Å²) in [5.41, 5.74) is 2.54. The highest BCUT2D eigenvalue weighted by atomic mass is 32.1. The van der Waals surface area contributed by atoms with Gasteiger partial charge in [0.2, 0.25) is 0 Å². The number of hydrogen-bond donors (Lipinski definition) is 0. The Morgan fingerprint density at radius 1 is 1.07 bits per heavy atom. The van der Waals surface area contributed by atoms with Crippen molar-refractivity contribution < 1.29 is 13.9 Å². The van der Waals surface area contributed by atoms with E-state index in [-0.39, 0.29) is 5.82 Å². The van der Waals surface area contributed by atoms with E-state index < -0.39 is 12.1 Å². The van der Waals surface area contributed by atoms with Gasteiger partial charge >= 0.3 is 5.97 Å². The second-order valence-corrected chi connectivity index (χ2v) is 7.19. The molecule has 0 saturated heterocycles. The monoisotopic (exact) mass is 392 g/mol.